The first-order chi connectivity index (χ1) is 13.3. The molecule has 2 aromatic heterocycles. The van der Waals surface area contributed by atoms with Crippen molar-refractivity contribution in [2.45, 2.75) is 32.7 Å². The van der Waals surface area contributed by atoms with E-state index in [2.05, 4.69) is 16.0 Å². The van der Waals surface area contributed by atoms with Crippen LogP contribution in [0.3, 0.4) is 0 Å². The number of aromatic amines is 1. The molecular formula is C20H19N3O4S. The number of carbonyl (C=O) groups is 2. The quantitative estimate of drug-likeness (QED) is 0.608. The van der Waals surface area contributed by atoms with E-state index in [0.29, 0.717) is 39.9 Å². The minimum Gasteiger partial charge on any atom is -0.465 e. The second-order valence-corrected chi connectivity index (χ2v) is 7.22. The standard InChI is InChI=1S/C20H19N3O4S/c1-5-26-17(24)9-28-19-18-14(6-10(2)22-19)16(27-20(18)25)7-13-11(3)15(8-21)23-12(13)4/h6-7,23H,5,9H2,1-4H3/b16-7-. The van der Waals surface area contributed by atoms with E-state index in [1.54, 1.807) is 19.1 Å². The van der Waals surface area contributed by atoms with Gasteiger partial charge in [0.25, 0.3) is 0 Å². The van der Waals surface area contributed by atoms with Crippen LogP contribution >= 0.6 is 11.8 Å². The van der Waals surface area contributed by atoms with Crippen molar-refractivity contribution in [3.63, 3.8) is 0 Å². The van der Waals surface area contributed by atoms with E-state index in [4.69, 9.17) is 9.47 Å². The van der Waals surface area contributed by atoms with Crippen molar-refractivity contribution in [2.75, 3.05) is 12.4 Å². The van der Waals surface area contributed by atoms with Crippen LogP contribution in [0.1, 0.15) is 51.1 Å². The Hall–Kier alpha value is -3.05. The molecule has 0 fully saturated rings. The highest BCUT2D eigenvalue weighted by atomic mass is 32.2. The normalized spacial score (nSPS) is 14.0. The maximum Gasteiger partial charge on any atom is 0.347 e. The molecule has 0 aromatic carbocycles. The first-order valence-corrected chi connectivity index (χ1v) is 9.67. The molecule has 7 nitrogen and oxygen atoms in total. The number of ether oxygens (including phenoxy) is 2. The van der Waals surface area contributed by atoms with E-state index in [1.807, 2.05) is 20.8 Å². The summed E-state index contributed by atoms with van der Waals surface area (Å²) in [6.07, 6.45) is 1.75. The van der Waals surface area contributed by atoms with Crippen LogP contribution < -0.4 is 0 Å². The summed E-state index contributed by atoms with van der Waals surface area (Å²) in [4.78, 5) is 31.6. The number of nitrogens with zero attached hydrogens (tertiary/aromatic N) is 2. The molecule has 144 valence electrons. The summed E-state index contributed by atoms with van der Waals surface area (Å²) in [5.41, 5.74) is 4.57. The van der Waals surface area contributed by atoms with Gasteiger partial charge in [0, 0.05) is 22.5 Å². The van der Waals surface area contributed by atoms with Gasteiger partial charge in [-0.3, -0.25) is 4.79 Å². The third-order valence-corrected chi connectivity index (χ3v) is 5.25. The number of nitriles is 1. The highest BCUT2D eigenvalue weighted by molar-refractivity contribution is 8.00. The summed E-state index contributed by atoms with van der Waals surface area (Å²) < 4.78 is 10.4. The Morgan fingerprint density at radius 3 is 2.82 bits per heavy atom. The fourth-order valence-electron chi connectivity index (χ4n) is 3.01. The Morgan fingerprint density at radius 1 is 1.43 bits per heavy atom. The number of pyridine rings is 1. The van der Waals surface area contributed by atoms with Gasteiger partial charge in [-0.2, -0.15) is 5.26 Å². The number of nitrogens with one attached hydrogen (secondary N) is 1. The highest BCUT2D eigenvalue weighted by Gasteiger charge is 2.32. The van der Waals surface area contributed by atoms with E-state index in [0.717, 1.165) is 28.6 Å². The number of esters is 2. The fraction of sp³-hybridized carbons (Fsp3) is 0.300. The van der Waals surface area contributed by atoms with E-state index in [9.17, 15) is 14.9 Å². The van der Waals surface area contributed by atoms with Crippen molar-refractivity contribution in [2.24, 2.45) is 0 Å². The van der Waals surface area contributed by atoms with Crippen molar-refractivity contribution >= 4 is 35.5 Å². The van der Waals surface area contributed by atoms with Gasteiger partial charge in [-0.25, -0.2) is 9.78 Å². The molecule has 8 heteroatoms. The predicted octanol–water partition coefficient (Wildman–Crippen LogP) is 3.53. The summed E-state index contributed by atoms with van der Waals surface area (Å²) in [6, 6.07) is 3.90. The average molecular weight is 397 g/mol. The molecule has 1 N–H and O–H groups in total. The van der Waals surface area contributed by atoms with Crippen LogP contribution in [0.15, 0.2) is 11.1 Å². The number of fused-ring (bicyclic) bond motifs is 1. The number of rotatable bonds is 5. The van der Waals surface area contributed by atoms with Gasteiger partial charge in [0.2, 0.25) is 0 Å². The predicted molar refractivity (Wildman–Crippen MR) is 105 cm³/mol. The van der Waals surface area contributed by atoms with E-state index < -0.39 is 5.97 Å². The van der Waals surface area contributed by atoms with Gasteiger partial charge in [0.15, 0.2) is 0 Å². The average Bonchev–Trinajstić information content (AvgIpc) is 3.10. The molecule has 0 bridgehead atoms. The van der Waals surface area contributed by atoms with Gasteiger partial charge >= 0.3 is 11.9 Å². The Bertz CT molecular complexity index is 1050. The van der Waals surface area contributed by atoms with E-state index in [1.165, 1.54) is 0 Å². The zero-order valence-electron chi connectivity index (χ0n) is 16.0. The second kappa shape index (κ2) is 7.90. The van der Waals surface area contributed by atoms with Gasteiger partial charge in [-0.15, -0.1) is 0 Å². The fourth-order valence-corrected chi connectivity index (χ4v) is 3.89. The van der Waals surface area contributed by atoms with Crippen LogP contribution in [0.5, 0.6) is 0 Å². The monoisotopic (exact) mass is 397 g/mol. The topological polar surface area (TPSA) is 105 Å². The molecule has 0 unspecified atom stereocenters. The molecule has 0 radical (unpaired) electrons. The third kappa shape index (κ3) is 3.66. The largest absolute Gasteiger partial charge is 0.465 e. The first-order valence-electron chi connectivity index (χ1n) is 8.69. The molecule has 0 amide bonds. The van der Waals surface area contributed by atoms with Gasteiger partial charge in [0.1, 0.15) is 28.1 Å². The summed E-state index contributed by atoms with van der Waals surface area (Å²) in [5.74, 6) is -0.413. The molecule has 1 aliphatic rings. The van der Waals surface area contributed by atoms with Gasteiger partial charge in [-0.05, 0) is 45.4 Å². The van der Waals surface area contributed by atoms with Crippen molar-refractivity contribution in [3.05, 3.63) is 45.4 Å². The number of thioether (sulfide) groups is 1. The summed E-state index contributed by atoms with van der Waals surface area (Å²) in [7, 11) is 0. The van der Waals surface area contributed by atoms with Crippen LogP contribution in [-0.4, -0.2) is 34.3 Å². The van der Waals surface area contributed by atoms with Crippen LogP contribution in [0.25, 0.3) is 11.8 Å². The smallest absolute Gasteiger partial charge is 0.347 e. The van der Waals surface area contributed by atoms with Crippen molar-refractivity contribution < 1.29 is 19.1 Å². The lowest BCUT2D eigenvalue weighted by Crippen LogP contribution is -2.08. The SMILES string of the molecule is CCOC(=O)CSc1nc(C)cc2c1C(=O)O/C2=C\c1c(C)[nH]c(C#N)c1C. The van der Waals surface area contributed by atoms with Crippen molar-refractivity contribution in [1.29, 1.82) is 5.26 Å². The van der Waals surface area contributed by atoms with Crippen molar-refractivity contribution in [1.82, 2.24) is 9.97 Å². The van der Waals surface area contributed by atoms with Crippen LogP contribution in [0.2, 0.25) is 0 Å². The molecule has 0 aliphatic carbocycles. The lowest BCUT2D eigenvalue weighted by molar-refractivity contribution is -0.139. The van der Waals surface area contributed by atoms with Gasteiger partial charge in [-0.1, -0.05) is 11.8 Å². The molecule has 3 rings (SSSR count). The van der Waals surface area contributed by atoms with Crippen LogP contribution in [-0.2, 0) is 14.3 Å². The zero-order chi connectivity index (χ0) is 20.4. The number of aromatic nitrogens is 2. The minimum absolute atomic E-state index is 0.0601. The first kappa shape index (κ1) is 19.7. The minimum atomic E-state index is -0.508. The van der Waals surface area contributed by atoms with Gasteiger partial charge in [0.05, 0.1) is 12.4 Å². The summed E-state index contributed by atoms with van der Waals surface area (Å²) >= 11 is 1.15. The molecular weight excluding hydrogens is 378 g/mol. The molecule has 0 atom stereocenters. The molecule has 2 aromatic rings. The molecule has 1 aliphatic heterocycles. The Balaban J connectivity index is 2.02. The van der Waals surface area contributed by atoms with E-state index in [-0.39, 0.29) is 11.7 Å². The Labute approximate surface area is 166 Å². The Morgan fingerprint density at radius 2 is 2.18 bits per heavy atom. The molecule has 0 saturated heterocycles. The Kier molecular flexibility index (Phi) is 5.56. The third-order valence-electron chi connectivity index (χ3n) is 4.30. The molecule has 0 saturated carbocycles. The van der Waals surface area contributed by atoms with Crippen LogP contribution in [0, 0.1) is 32.1 Å². The maximum absolute atomic E-state index is 12.5. The summed E-state index contributed by atoms with van der Waals surface area (Å²) in [5, 5.41) is 9.64. The number of carbonyl (C=O) groups excluding carboxylic acids is 2. The van der Waals surface area contributed by atoms with E-state index >= 15 is 0 Å². The van der Waals surface area contributed by atoms with Crippen LogP contribution in [0.4, 0.5) is 0 Å². The van der Waals surface area contributed by atoms with Crippen molar-refractivity contribution in [3.8, 4) is 6.07 Å². The number of cyclic esters (lactones) is 1. The lowest BCUT2D eigenvalue weighted by atomic mass is 10.1. The van der Waals surface area contributed by atoms with Gasteiger partial charge < -0.3 is 14.5 Å². The molecule has 3 heterocycles. The number of hydrogen-bond donors (Lipinski definition) is 1. The molecule has 0 spiro atoms. The summed E-state index contributed by atoms with van der Waals surface area (Å²) in [6.45, 7) is 7.55. The number of H-pyrrole nitrogens is 1. The maximum atomic E-state index is 12.5. The zero-order valence-corrected chi connectivity index (χ0v) is 16.8. The highest BCUT2D eigenvalue weighted by Crippen LogP contribution is 2.37. The lowest BCUT2D eigenvalue weighted by Gasteiger charge is -2.06. The number of aryl methyl sites for hydroxylation is 2. The molecule has 28 heavy (non-hydrogen) atoms. The second-order valence-electron chi connectivity index (χ2n) is 6.26. The number of hydrogen-bond acceptors (Lipinski definition) is 7.